The topological polar surface area (TPSA) is 40.5 Å². The van der Waals surface area contributed by atoms with Crippen LogP contribution in [-0.2, 0) is 6.42 Å². The van der Waals surface area contributed by atoms with Crippen molar-refractivity contribution in [2.45, 2.75) is 44.6 Å². The highest BCUT2D eigenvalue weighted by Gasteiger charge is 2.27. The summed E-state index contributed by atoms with van der Waals surface area (Å²) in [5.41, 5.74) is 2.89. The van der Waals surface area contributed by atoms with Crippen LogP contribution < -0.4 is 4.90 Å². The number of nitrogens with zero attached hydrogens (tertiary/aromatic N) is 1. The summed E-state index contributed by atoms with van der Waals surface area (Å²) in [6, 6.07) is 6.20. The molecule has 0 bridgehead atoms. The Labute approximate surface area is 107 Å². The van der Waals surface area contributed by atoms with E-state index in [1.54, 1.807) is 6.07 Å². The second kappa shape index (κ2) is 4.63. The van der Waals surface area contributed by atoms with E-state index in [4.69, 9.17) is 5.11 Å². The molecule has 0 amide bonds. The van der Waals surface area contributed by atoms with Gasteiger partial charge in [-0.1, -0.05) is 25.3 Å². The molecule has 1 fully saturated rings. The number of carboxylic acid groups (broad SMARTS) is 1. The number of hydrogen-bond acceptors (Lipinski definition) is 2. The van der Waals surface area contributed by atoms with E-state index in [-0.39, 0.29) is 0 Å². The number of aromatic carboxylic acids is 1. The third-order valence-electron chi connectivity index (χ3n) is 4.28. The first kappa shape index (κ1) is 11.6. The van der Waals surface area contributed by atoms with Crippen LogP contribution in [0.3, 0.4) is 0 Å². The normalized spacial score (nSPS) is 19.9. The van der Waals surface area contributed by atoms with Gasteiger partial charge >= 0.3 is 5.97 Å². The Morgan fingerprint density at radius 1 is 1.22 bits per heavy atom. The Balaban J connectivity index is 1.89. The molecule has 3 rings (SSSR count). The smallest absolute Gasteiger partial charge is 0.335 e. The molecule has 0 atom stereocenters. The second-order valence-electron chi connectivity index (χ2n) is 5.38. The average molecular weight is 245 g/mol. The number of fused-ring (bicyclic) bond motifs is 1. The first-order valence-corrected chi connectivity index (χ1v) is 6.88. The number of rotatable bonds is 2. The van der Waals surface area contributed by atoms with Gasteiger partial charge in [-0.05, 0) is 37.0 Å². The van der Waals surface area contributed by atoms with Gasteiger partial charge in [0, 0.05) is 18.3 Å². The molecular weight excluding hydrogens is 226 g/mol. The van der Waals surface area contributed by atoms with Crippen LogP contribution in [0.4, 0.5) is 5.69 Å². The van der Waals surface area contributed by atoms with Crippen molar-refractivity contribution in [3.8, 4) is 0 Å². The lowest BCUT2D eigenvalue weighted by Crippen LogP contribution is -2.35. The molecule has 1 aromatic rings. The monoisotopic (exact) mass is 245 g/mol. The summed E-state index contributed by atoms with van der Waals surface area (Å²) in [4.78, 5) is 13.5. The van der Waals surface area contributed by atoms with Gasteiger partial charge < -0.3 is 10.0 Å². The quantitative estimate of drug-likeness (QED) is 0.870. The molecule has 3 heteroatoms. The van der Waals surface area contributed by atoms with Crippen LogP contribution in [-0.4, -0.2) is 23.7 Å². The van der Waals surface area contributed by atoms with Crippen molar-refractivity contribution in [2.75, 3.05) is 11.4 Å². The minimum atomic E-state index is -0.826. The van der Waals surface area contributed by atoms with Crippen LogP contribution in [0.25, 0.3) is 0 Å². The summed E-state index contributed by atoms with van der Waals surface area (Å²) in [5.74, 6) is -0.826. The van der Waals surface area contributed by atoms with E-state index >= 15 is 0 Å². The highest BCUT2D eigenvalue weighted by Crippen LogP contribution is 2.34. The van der Waals surface area contributed by atoms with Crippen molar-refractivity contribution in [1.29, 1.82) is 0 Å². The van der Waals surface area contributed by atoms with Crippen molar-refractivity contribution < 1.29 is 9.90 Å². The molecule has 0 spiro atoms. The Hall–Kier alpha value is -1.51. The third kappa shape index (κ3) is 1.98. The maximum absolute atomic E-state index is 11.1. The average Bonchev–Trinajstić information content (AvgIpc) is 2.82. The second-order valence-corrected chi connectivity index (χ2v) is 5.38. The molecule has 1 aromatic carbocycles. The summed E-state index contributed by atoms with van der Waals surface area (Å²) in [6.07, 6.45) is 7.57. The molecular formula is C15H19NO2. The largest absolute Gasteiger partial charge is 0.478 e. The minimum Gasteiger partial charge on any atom is -0.478 e. The Morgan fingerprint density at radius 3 is 2.72 bits per heavy atom. The lowest BCUT2D eigenvalue weighted by atomic mass is 9.94. The molecule has 96 valence electrons. The van der Waals surface area contributed by atoms with Gasteiger partial charge in [0.2, 0.25) is 0 Å². The highest BCUT2D eigenvalue weighted by molar-refractivity contribution is 5.89. The Morgan fingerprint density at radius 2 is 2.00 bits per heavy atom. The molecule has 0 radical (unpaired) electrons. The van der Waals surface area contributed by atoms with Gasteiger partial charge in [-0.2, -0.15) is 0 Å². The fourth-order valence-corrected chi connectivity index (χ4v) is 3.31. The molecule has 1 N–H and O–H groups in total. The van der Waals surface area contributed by atoms with Crippen molar-refractivity contribution in [2.24, 2.45) is 0 Å². The van der Waals surface area contributed by atoms with Crippen LogP contribution in [0, 0.1) is 0 Å². The van der Waals surface area contributed by atoms with Crippen molar-refractivity contribution in [1.82, 2.24) is 0 Å². The van der Waals surface area contributed by atoms with Crippen molar-refractivity contribution in [3.63, 3.8) is 0 Å². The van der Waals surface area contributed by atoms with Gasteiger partial charge in [-0.15, -0.1) is 0 Å². The summed E-state index contributed by atoms with van der Waals surface area (Å²) < 4.78 is 0. The summed E-state index contributed by atoms with van der Waals surface area (Å²) in [5, 5.41) is 9.09. The number of hydrogen-bond donors (Lipinski definition) is 1. The van der Waals surface area contributed by atoms with Gasteiger partial charge in [0.15, 0.2) is 0 Å². The molecule has 2 aliphatic rings. The zero-order valence-corrected chi connectivity index (χ0v) is 10.6. The SMILES string of the molecule is O=C(O)c1ccc2c(c1)N(C1CCCCC1)CC2. The fraction of sp³-hybridized carbons (Fsp3) is 0.533. The summed E-state index contributed by atoms with van der Waals surface area (Å²) in [7, 11) is 0. The van der Waals surface area contributed by atoms with Gasteiger partial charge in [0.1, 0.15) is 0 Å². The molecule has 3 nitrogen and oxygen atoms in total. The van der Waals surface area contributed by atoms with Gasteiger partial charge in [0.05, 0.1) is 5.56 Å². The Bertz CT molecular complexity index is 464. The van der Waals surface area contributed by atoms with E-state index < -0.39 is 5.97 Å². The number of carboxylic acids is 1. The number of anilines is 1. The first-order chi connectivity index (χ1) is 8.75. The van der Waals surface area contributed by atoms with Crippen LogP contribution in [0.1, 0.15) is 48.0 Å². The summed E-state index contributed by atoms with van der Waals surface area (Å²) in [6.45, 7) is 1.06. The molecule has 0 aromatic heterocycles. The predicted molar refractivity (Wildman–Crippen MR) is 71.3 cm³/mol. The van der Waals surface area contributed by atoms with Crippen LogP contribution >= 0.6 is 0 Å². The zero-order chi connectivity index (χ0) is 12.5. The van der Waals surface area contributed by atoms with Gasteiger partial charge in [0.25, 0.3) is 0 Å². The first-order valence-electron chi connectivity index (χ1n) is 6.88. The fourth-order valence-electron chi connectivity index (χ4n) is 3.31. The van der Waals surface area contributed by atoms with E-state index in [0.29, 0.717) is 11.6 Å². The van der Waals surface area contributed by atoms with Crippen LogP contribution in [0.5, 0.6) is 0 Å². The predicted octanol–water partition coefficient (Wildman–Crippen LogP) is 3.08. The van der Waals surface area contributed by atoms with E-state index in [0.717, 1.165) is 13.0 Å². The van der Waals surface area contributed by atoms with Crippen molar-refractivity contribution >= 4 is 11.7 Å². The molecule has 1 aliphatic heterocycles. The molecule has 1 aliphatic carbocycles. The van der Waals surface area contributed by atoms with Crippen LogP contribution in [0.15, 0.2) is 18.2 Å². The third-order valence-corrected chi connectivity index (χ3v) is 4.28. The minimum absolute atomic E-state index is 0.413. The van der Waals surface area contributed by atoms with E-state index in [9.17, 15) is 4.79 Å². The van der Waals surface area contributed by atoms with Gasteiger partial charge in [-0.25, -0.2) is 4.79 Å². The lowest BCUT2D eigenvalue weighted by Gasteiger charge is -2.33. The molecule has 18 heavy (non-hydrogen) atoms. The van der Waals surface area contributed by atoms with E-state index in [1.807, 2.05) is 12.1 Å². The van der Waals surface area contributed by atoms with Crippen molar-refractivity contribution in [3.05, 3.63) is 29.3 Å². The van der Waals surface area contributed by atoms with Gasteiger partial charge in [-0.3, -0.25) is 0 Å². The summed E-state index contributed by atoms with van der Waals surface area (Å²) >= 11 is 0. The molecule has 0 unspecified atom stereocenters. The maximum Gasteiger partial charge on any atom is 0.335 e. The zero-order valence-electron chi connectivity index (χ0n) is 10.6. The van der Waals surface area contributed by atoms with E-state index in [2.05, 4.69) is 4.90 Å². The maximum atomic E-state index is 11.1. The highest BCUT2D eigenvalue weighted by atomic mass is 16.4. The lowest BCUT2D eigenvalue weighted by molar-refractivity contribution is 0.0697. The molecule has 1 heterocycles. The number of carbonyl (C=O) groups is 1. The molecule has 1 saturated carbocycles. The standard InChI is InChI=1S/C15H19NO2/c17-15(18)12-7-6-11-8-9-16(14(11)10-12)13-4-2-1-3-5-13/h6-7,10,13H,1-5,8-9H2,(H,17,18). The Kier molecular flexibility index (Phi) is 2.98. The van der Waals surface area contributed by atoms with E-state index in [1.165, 1.54) is 43.4 Å². The van der Waals surface area contributed by atoms with Crippen LogP contribution in [0.2, 0.25) is 0 Å². The number of benzene rings is 1. The molecule has 0 saturated heterocycles.